The minimum atomic E-state index is 0.532. The monoisotopic (exact) mass is 161 g/mol. The summed E-state index contributed by atoms with van der Waals surface area (Å²) in [7, 11) is 0. The summed E-state index contributed by atoms with van der Waals surface area (Å²) >= 11 is 0. The van der Waals surface area contributed by atoms with Gasteiger partial charge >= 0.3 is 0 Å². The molecule has 0 spiro atoms. The van der Waals surface area contributed by atoms with Crippen molar-refractivity contribution in [1.29, 1.82) is 0 Å². The van der Waals surface area contributed by atoms with Crippen molar-refractivity contribution >= 4 is 5.57 Å². The molecular weight excluding hydrogens is 146 g/mol. The fourth-order valence-electron chi connectivity index (χ4n) is 1.32. The van der Waals surface area contributed by atoms with Crippen molar-refractivity contribution in [2.24, 2.45) is 5.73 Å². The van der Waals surface area contributed by atoms with Crippen LogP contribution in [-0.2, 0) is 0 Å². The highest BCUT2D eigenvalue weighted by molar-refractivity contribution is 5.67. The van der Waals surface area contributed by atoms with Crippen LogP contribution in [0.4, 0.5) is 0 Å². The normalized spacial score (nSPS) is 9.92. The maximum atomic E-state index is 5.51. The molecular formula is C11H15N. The van der Waals surface area contributed by atoms with E-state index in [0.29, 0.717) is 6.54 Å². The van der Waals surface area contributed by atoms with Gasteiger partial charge < -0.3 is 5.73 Å². The Labute approximate surface area is 73.9 Å². The van der Waals surface area contributed by atoms with Crippen molar-refractivity contribution in [3.63, 3.8) is 0 Å². The highest BCUT2D eigenvalue weighted by Crippen LogP contribution is 2.17. The fraction of sp³-hybridized carbons (Fsp3) is 0.273. The van der Waals surface area contributed by atoms with Crippen LogP contribution in [0.2, 0.25) is 0 Å². The lowest BCUT2D eigenvalue weighted by molar-refractivity contribution is 1.25. The van der Waals surface area contributed by atoms with E-state index in [1.165, 1.54) is 16.7 Å². The van der Waals surface area contributed by atoms with Crippen molar-refractivity contribution in [3.05, 3.63) is 41.5 Å². The Morgan fingerprint density at radius 1 is 1.42 bits per heavy atom. The summed E-state index contributed by atoms with van der Waals surface area (Å²) in [5.41, 5.74) is 10.2. The lowest BCUT2D eigenvalue weighted by Crippen LogP contribution is -2.02. The summed E-state index contributed by atoms with van der Waals surface area (Å²) in [6, 6.07) is 6.32. The molecule has 64 valence electrons. The van der Waals surface area contributed by atoms with Crippen LogP contribution < -0.4 is 5.73 Å². The van der Waals surface area contributed by atoms with Crippen LogP contribution in [-0.4, -0.2) is 6.54 Å². The number of hydrogen-bond acceptors (Lipinski definition) is 1. The van der Waals surface area contributed by atoms with Gasteiger partial charge in [0.2, 0.25) is 0 Å². The number of rotatable bonds is 2. The van der Waals surface area contributed by atoms with Crippen LogP contribution in [0, 0.1) is 13.8 Å². The predicted molar refractivity (Wildman–Crippen MR) is 54.0 cm³/mol. The molecule has 1 heteroatoms. The standard InChI is InChI=1S/C11H15N/c1-8-4-5-11(9(2)6-8)10(3)7-12/h4-6H,3,7,12H2,1-2H3. The molecule has 0 aromatic heterocycles. The third-order valence-corrected chi connectivity index (χ3v) is 2.01. The zero-order valence-electron chi connectivity index (χ0n) is 7.72. The summed E-state index contributed by atoms with van der Waals surface area (Å²) in [5.74, 6) is 0. The van der Waals surface area contributed by atoms with Crippen molar-refractivity contribution in [1.82, 2.24) is 0 Å². The van der Waals surface area contributed by atoms with Gasteiger partial charge in [0.15, 0.2) is 0 Å². The average Bonchev–Trinajstić information content (AvgIpc) is 2.03. The van der Waals surface area contributed by atoms with E-state index in [9.17, 15) is 0 Å². The second-order valence-corrected chi connectivity index (χ2v) is 3.13. The van der Waals surface area contributed by atoms with Gasteiger partial charge in [0.05, 0.1) is 0 Å². The van der Waals surface area contributed by atoms with Gasteiger partial charge in [-0.15, -0.1) is 0 Å². The van der Waals surface area contributed by atoms with E-state index in [0.717, 1.165) is 5.57 Å². The summed E-state index contributed by atoms with van der Waals surface area (Å²) in [4.78, 5) is 0. The molecule has 0 atom stereocenters. The molecule has 0 aliphatic carbocycles. The molecule has 1 rings (SSSR count). The van der Waals surface area contributed by atoms with E-state index in [1.807, 2.05) is 0 Å². The van der Waals surface area contributed by atoms with E-state index in [1.54, 1.807) is 0 Å². The molecule has 0 radical (unpaired) electrons. The first-order valence-corrected chi connectivity index (χ1v) is 4.10. The minimum absolute atomic E-state index is 0.532. The van der Waals surface area contributed by atoms with E-state index in [2.05, 4.69) is 38.6 Å². The van der Waals surface area contributed by atoms with Crippen LogP contribution in [0.15, 0.2) is 24.8 Å². The molecule has 12 heavy (non-hydrogen) atoms. The molecule has 0 amide bonds. The first kappa shape index (κ1) is 9.01. The second kappa shape index (κ2) is 3.55. The fourth-order valence-corrected chi connectivity index (χ4v) is 1.32. The minimum Gasteiger partial charge on any atom is -0.326 e. The Morgan fingerprint density at radius 3 is 2.58 bits per heavy atom. The van der Waals surface area contributed by atoms with Gasteiger partial charge in [0, 0.05) is 6.54 Å². The molecule has 1 aromatic carbocycles. The molecule has 0 saturated heterocycles. The first-order chi connectivity index (χ1) is 5.65. The molecule has 0 unspecified atom stereocenters. The van der Waals surface area contributed by atoms with Crippen LogP contribution in [0.1, 0.15) is 16.7 Å². The van der Waals surface area contributed by atoms with Crippen LogP contribution in [0.5, 0.6) is 0 Å². The van der Waals surface area contributed by atoms with Gasteiger partial charge in [0.25, 0.3) is 0 Å². The first-order valence-electron chi connectivity index (χ1n) is 4.10. The van der Waals surface area contributed by atoms with Crippen molar-refractivity contribution in [2.45, 2.75) is 13.8 Å². The molecule has 0 fully saturated rings. The lowest BCUT2D eigenvalue weighted by Gasteiger charge is -2.07. The molecule has 0 aliphatic rings. The SMILES string of the molecule is C=C(CN)c1ccc(C)cc1C. The van der Waals surface area contributed by atoms with Crippen LogP contribution in [0.25, 0.3) is 5.57 Å². The molecule has 1 nitrogen and oxygen atoms in total. The Bertz CT molecular complexity index is 300. The Kier molecular flexibility index (Phi) is 2.66. The average molecular weight is 161 g/mol. The summed E-state index contributed by atoms with van der Waals surface area (Å²) in [6.07, 6.45) is 0. The number of benzene rings is 1. The van der Waals surface area contributed by atoms with Gasteiger partial charge in [0.1, 0.15) is 0 Å². The Balaban J connectivity index is 3.09. The molecule has 2 N–H and O–H groups in total. The van der Waals surface area contributed by atoms with Crippen LogP contribution in [0.3, 0.4) is 0 Å². The van der Waals surface area contributed by atoms with E-state index < -0.39 is 0 Å². The summed E-state index contributed by atoms with van der Waals surface area (Å²) in [6.45, 7) is 8.61. The Hall–Kier alpha value is -1.08. The zero-order valence-corrected chi connectivity index (χ0v) is 7.72. The second-order valence-electron chi connectivity index (χ2n) is 3.13. The summed E-state index contributed by atoms with van der Waals surface area (Å²) in [5, 5.41) is 0. The third-order valence-electron chi connectivity index (χ3n) is 2.01. The van der Waals surface area contributed by atoms with Gasteiger partial charge in [-0.25, -0.2) is 0 Å². The molecule has 0 aliphatic heterocycles. The highest BCUT2D eigenvalue weighted by Gasteiger charge is 2.00. The molecule has 0 bridgehead atoms. The zero-order chi connectivity index (χ0) is 9.14. The molecule has 0 heterocycles. The largest absolute Gasteiger partial charge is 0.326 e. The topological polar surface area (TPSA) is 26.0 Å². The van der Waals surface area contributed by atoms with E-state index >= 15 is 0 Å². The van der Waals surface area contributed by atoms with Gasteiger partial charge in [-0.1, -0.05) is 30.3 Å². The van der Waals surface area contributed by atoms with Gasteiger partial charge in [-0.2, -0.15) is 0 Å². The van der Waals surface area contributed by atoms with Crippen molar-refractivity contribution < 1.29 is 0 Å². The number of nitrogens with two attached hydrogens (primary N) is 1. The quantitative estimate of drug-likeness (QED) is 0.707. The molecule has 0 saturated carbocycles. The Morgan fingerprint density at radius 2 is 2.08 bits per heavy atom. The van der Waals surface area contributed by atoms with Crippen LogP contribution >= 0.6 is 0 Å². The molecule has 1 aromatic rings. The lowest BCUT2D eigenvalue weighted by atomic mass is 10.00. The highest BCUT2D eigenvalue weighted by atomic mass is 14.5. The third kappa shape index (κ3) is 1.74. The van der Waals surface area contributed by atoms with E-state index in [-0.39, 0.29) is 0 Å². The maximum Gasteiger partial charge on any atom is 0.0178 e. The predicted octanol–water partition coefficient (Wildman–Crippen LogP) is 2.28. The van der Waals surface area contributed by atoms with Gasteiger partial charge in [-0.05, 0) is 30.5 Å². The van der Waals surface area contributed by atoms with Crippen molar-refractivity contribution in [3.8, 4) is 0 Å². The van der Waals surface area contributed by atoms with Crippen molar-refractivity contribution in [2.75, 3.05) is 6.54 Å². The number of hydrogen-bond donors (Lipinski definition) is 1. The van der Waals surface area contributed by atoms with Gasteiger partial charge in [-0.3, -0.25) is 0 Å². The number of aryl methyl sites for hydroxylation is 2. The maximum absolute atomic E-state index is 5.51. The van der Waals surface area contributed by atoms with E-state index in [4.69, 9.17) is 5.73 Å². The summed E-state index contributed by atoms with van der Waals surface area (Å²) < 4.78 is 0. The smallest absolute Gasteiger partial charge is 0.0178 e.